The number of nitrogens with one attached hydrogen (secondary N) is 1. The van der Waals surface area contributed by atoms with Gasteiger partial charge in [0.1, 0.15) is 5.01 Å². The first-order chi connectivity index (χ1) is 7.84. The fourth-order valence-electron chi connectivity index (χ4n) is 1.09. The quantitative estimate of drug-likeness (QED) is 0.922. The number of likely N-dealkylation sites (N-methyl/N-ethyl adjacent to an activating group) is 2. The van der Waals surface area contributed by atoms with Gasteiger partial charge in [0.15, 0.2) is 5.69 Å². The molecule has 0 saturated heterocycles. The molecule has 1 aromatic rings. The van der Waals surface area contributed by atoms with Gasteiger partial charge >= 0.3 is 6.18 Å². The lowest BCUT2D eigenvalue weighted by atomic mass is 10.4. The van der Waals surface area contributed by atoms with Crippen LogP contribution in [-0.4, -0.2) is 36.4 Å². The molecule has 0 aliphatic heterocycles. The van der Waals surface area contributed by atoms with Crippen molar-refractivity contribution in [1.29, 1.82) is 0 Å². The Balaban J connectivity index is 0.00000289. The molecule has 4 nitrogen and oxygen atoms in total. The molecule has 0 saturated carbocycles. The number of aromatic nitrogens is 1. The van der Waals surface area contributed by atoms with E-state index in [1.165, 1.54) is 11.9 Å². The Bertz CT molecular complexity index is 397. The van der Waals surface area contributed by atoms with Crippen molar-refractivity contribution in [3.63, 3.8) is 0 Å². The summed E-state index contributed by atoms with van der Waals surface area (Å²) in [6.07, 6.45) is -4.43. The largest absolute Gasteiger partial charge is 0.434 e. The molecule has 0 aliphatic carbocycles. The lowest BCUT2D eigenvalue weighted by Crippen LogP contribution is -2.33. The van der Waals surface area contributed by atoms with Gasteiger partial charge in [-0.05, 0) is 7.05 Å². The number of nitrogens with zero attached hydrogens (tertiary/aromatic N) is 2. The van der Waals surface area contributed by atoms with Crippen molar-refractivity contribution >= 4 is 29.7 Å². The number of rotatable bonds is 4. The Labute approximate surface area is 113 Å². The average molecular weight is 304 g/mol. The van der Waals surface area contributed by atoms with E-state index < -0.39 is 11.9 Å². The van der Waals surface area contributed by atoms with Crippen LogP contribution in [0.15, 0.2) is 5.38 Å². The summed E-state index contributed by atoms with van der Waals surface area (Å²) in [5.74, 6) is -0.198. The van der Waals surface area contributed by atoms with Crippen molar-refractivity contribution in [2.75, 3.05) is 20.6 Å². The Morgan fingerprint density at radius 3 is 2.61 bits per heavy atom. The number of alkyl halides is 3. The summed E-state index contributed by atoms with van der Waals surface area (Å²) in [5, 5.41) is 3.89. The van der Waals surface area contributed by atoms with Gasteiger partial charge in [-0.1, -0.05) is 0 Å². The van der Waals surface area contributed by atoms with E-state index in [0.717, 1.165) is 16.7 Å². The second kappa shape index (κ2) is 6.91. The van der Waals surface area contributed by atoms with E-state index in [9.17, 15) is 18.0 Å². The molecule has 0 bridgehead atoms. The van der Waals surface area contributed by atoms with Crippen LogP contribution in [0, 0.1) is 0 Å². The number of carbonyl (C=O) groups is 1. The van der Waals surface area contributed by atoms with Crippen LogP contribution < -0.4 is 5.32 Å². The number of hydrogen-bond acceptors (Lipinski definition) is 4. The first-order valence-corrected chi connectivity index (χ1v) is 5.62. The van der Waals surface area contributed by atoms with Gasteiger partial charge in [-0.2, -0.15) is 13.2 Å². The van der Waals surface area contributed by atoms with E-state index in [1.54, 1.807) is 7.05 Å². The summed E-state index contributed by atoms with van der Waals surface area (Å²) in [7, 11) is 3.14. The van der Waals surface area contributed by atoms with Crippen LogP contribution >= 0.6 is 23.7 Å². The van der Waals surface area contributed by atoms with Crippen LogP contribution in [0.4, 0.5) is 13.2 Å². The van der Waals surface area contributed by atoms with Crippen molar-refractivity contribution in [2.24, 2.45) is 0 Å². The standard InChI is InChI=1S/C9H12F3N3OS.ClH/c1-13-3-8(16)15(2)4-7-14-6(5-17-7)9(10,11)12;/h5,13H,3-4H2,1-2H3;1H. The summed E-state index contributed by atoms with van der Waals surface area (Å²) in [4.78, 5) is 16.1. The molecule has 1 N–H and O–H groups in total. The SMILES string of the molecule is CNCC(=O)N(C)Cc1nc(C(F)(F)F)cs1.Cl. The van der Waals surface area contributed by atoms with Crippen LogP contribution in [0.3, 0.4) is 0 Å². The topological polar surface area (TPSA) is 45.2 Å². The van der Waals surface area contributed by atoms with Crippen LogP contribution in [0.2, 0.25) is 0 Å². The normalized spacial score (nSPS) is 10.9. The van der Waals surface area contributed by atoms with Crippen molar-refractivity contribution in [1.82, 2.24) is 15.2 Å². The summed E-state index contributed by atoms with van der Waals surface area (Å²) < 4.78 is 36.8. The highest BCUT2D eigenvalue weighted by atomic mass is 35.5. The predicted molar refractivity (Wildman–Crippen MR) is 64.8 cm³/mol. The average Bonchev–Trinajstić information content (AvgIpc) is 2.66. The Kier molecular flexibility index (Phi) is 6.58. The third-order valence-corrected chi connectivity index (χ3v) is 2.80. The molecule has 1 heterocycles. The highest BCUT2D eigenvalue weighted by molar-refractivity contribution is 7.09. The van der Waals surface area contributed by atoms with Crippen LogP contribution in [0.5, 0.6) is 0 Å². The van der Waals surface area contributed by atoms with Crippen molar-refractivity contribution < 1.29 is 18.0 Å². The molecule has 0 aromatic carbocycles. The molecular formula is C9H13ClF3N3OS. The van der Waals surface area contributed by atoms with Gasteiger partial charge in [-0.15, -0.1) is 23.7 Å². The number of halogens is 4. The smallest absolute Gasteiger partial charge is 0.338 e. The van der Waals surface area contributed by atoms with Crippen LogP contribution in [0.1, 0.15) is 10.7 Å². The van der Waals surface area contributed by atoms with Crippen LogP contribution in [0.25, 0.3) is 0 Å². The third-order valence-electron chi connectivity index (χ3n) is 1.97. The zero-order chi connectivity index (χ0) is 13.1. The van der Waals surface area contributed by atoms with Crippen molar-refractivity contribution in [3.8, 4) is 0 Å². The molecule has 0 fully saturated rings. The molecule has 18 heavy (non-hydrogen) atoms. The minimum Gasteiger partial charge on any atom is -0.338 e. The van der Waals surface area contributed by atoms with E-state index >= 15 is 0 Å². The fraction of sp³-hybridized carbons (Fsp3) is 0.556. The number of thiazole rings is 1. The van der Waals surface area contributed by atoms with E-state index in [2.05, 4.69) is 10.3 Å². The number of hydrogen-bond donors (Lipinski definition) is 1. The van der Waals surface area contributed by atoms with Crippen molar-refractivity contribution in [2.45, 2.75) is 12.7 Å². The van der Waals surface area contributed by atoms with E-state index in [4.69, 9.17) is 0 Å². The second-order valence-electron chi connectivity index (χ2n) is 3.40. The molecule has 0 aliphatic rings. The first-order valence-electron chi connectivity index (χ1n) is 4.74. The summed E-state index contributed by atoms with van der Waals surface area (Å²) in [6.45, 7) is 0.231. The summed E-state index contributed by atoms with van der Waals surface area (Å²) in [5.41, 5.74) is -0.910. The first kappa shape index (κ1) is 17.1. The van der Waals surface area contributed by atoms with Gasteiger partial charge in [0, 0.05) is 12.4 Å². The Morgan fingerprint density at radius 2 is 2.17 bits per heavy atom. The highest BCUT2D eigenvalue weighted by Gasteiger charge is 2.33. The molecule has 104 valence electrons. The lowest BCUT2D eigenvalue weighted by molar-refractivity contribution is -0.140. The fourth-order valence-corrected chi connectivity index (χ4v) is 1.94. The van der Waals surface area contributed by atoms with E-state index in [-0.39, 0.29) is 36.4 Å². The Morgan fingerprint density at radius 1 is 1.56 bits per heavy atom. The third kappa shape index (κ3) is 4.79. The van der Waals surface area contributed by atoms with Crippen LogP contribution in [-0.2, 0) is 17.5 Å². The van der Waals surface area contributed by atoms with E-state index in [1.807, 2.05) is 0 Å². The number of carbonyl (C=O) groups excluding carboxylic acids is 1. The number of amides is 1. The molecule has 1 rings (SSSR count). The minimum absolute atomic E-state index is 0. The zero-order valence-corrected chi connectivity index (χ0v) is 11.4. The minimum atomic E-state index is -4.43. The summed E-state index contributed by atoms with van der Waals surface area (Å²) in [6, 6.07) is 0. The zero-order valence-electron chi connectivity index (χ0n) is 9.74. The molecule has 0 radical (unpaired) electrons. The van der Waals surface area contributed by atoms with Gasteiger partial charge in [-0.25, -0.2) is 4.98 Å². The molecule has 0 unspecified atom stereocenters. The van der Waals surface area contributed by atoms with E-state index in [0.29, 0.717) is 0 Å². The molecule has 0 spiro atoms. The monoisotopic (exact) mass is 303 g/mol. The predicted octanol–water partition coefficient (Wildman–Crippen LogP) is 1.76. The highest BCUT2D eigenvalue weighted by Crippen LogP contribution is 2.30. The molecule has 1 amide bonds. The summed E-state index contributed by atoms with van der Waals surface area (Å²) >= 11 is 0.895. The van der Waals surface area contributed by atoms with Gasteiger partial charge in [0.2, 0.25) is 5.91 Å². The van der Waals surface area contributed by atoms with Gasteiger partial charge in [0.25, 0.3) is 0 Å². The Hall–Kier alpha value is -0.860. The van der Waals surface area contributed by atoms with Gasteiger partial charge in [0.05, 0.1) is 13.1 Å². The maximum atomic E-state index is 12.3. The van der Waals surface area contributed by atoms with Gasteiger partial charge in [-0.3, -0.25) is 4.79 Å². The lowest BCUT2D eigenvalue weighted by Gasteiger charge is -2.15. The maximum Gasteiger partial charge on any atom is 0.434 e. The second-order valence-corrected chi connectivity index (χ2v) is 4.35. The molecule has 0 atom stereocenters. The molecule has 1 aromatic heterocycles. The van der Waals surface area contributed by atoms with Crippen molar-refractivity contribution in [3.05, 3.63) is 16.1 Å². The molecule has 9 heteroatoms. The van der Waals surface area contributed by atoms with Gasteiger partial charge < -0.3 is 10.2 Å². The maximum absolute atomic E-state index is 12.3. The molecular weight excluding hydrogens is 291 g/mol.